The first-order valence-corrected chi connectivity index (χ1v) is 5.15. The van der Waals surface area contributed by atoms with Crippen LogP contribution in [0.1, 0.15) is 39.0 Å². The molecule has 1 nitrogen and oxygen atoms in total. The molecule has 0 heterocycles. The summed E-state index contributed by atoms with van der Waals surface area (Å²) in [4.78, 5) is 0. The van der Waals surface area contributed by atoms with Crippen molar-refractivity contribution in [3.63, 3.8) is 0 Å². The van der Waals surface area contributed by atoms with Gasteiger partial charge < -0.3 is 5.32 Å². The van der Waals surface area contributed by atoms with Crippen molar-refractivity contribution in [1.82, 2.24) is 5.32 Å². The molecule has 0 aromatic heterocycles. The van der Waals surface area contributed by atoms with Gasteiger partial charge in [0.05, 0.1) is 0 Å². The molecule has 1 atom stereocenters. The Kier molecular flexibility index (Phi) is 4.37. The molecule has 0 bridgehead atoms. The van der Waals surface area contributed by atoms with Gasteiger partial charge in [-0.1, -0.05) is 25.0 Å². The smallest absolute Gasteiger partial charge is 0.0161 e. The molecule has 1 N–H and O–H groups in total. The van der Waals surface area contributed by atoms with E-state index in [1.807, 2.05) is 7.05 Å². The van der Waals surface area contributed by atoms with E-state index < -0.39 is 0 Å². The molecule has 0 amide bonds. The van der Waals surface area contributed by atoms with Crippen molar-refractivity contribution in [3.05, 3.63) is 11.6 Å². The predicted octanol–water partition coefficient (Wildman–Crippen LogP) is 2.73. The average molecular weight is 167 g/mol. The molecular weight excluding hydrogens is 146 g/mol. The van der Waals surface area contributed by atoms with Gasteiger partial charge in [0.1, 0.15) is 0 Å². The second-order valence-electron chi connectivity index (χ2n) is 3.97. The van der Waals surface area contributed by atoms with Crippen LogP contribution in [-0.4, -0.2) is 13.6 Å². The molecule has 0 saturated heterocycles. The molecule has 0 aliphatic heterocycles. The van der Waals surface area contributed by atoms with Crippen LogP contribution >= 0.6 is 0 Å². The lowest BCUT2D eigenvalue weighted by Gasteiger charge is -2.16. The largest absolute Gasteiger partial charge is 0.316 e. The van der Waals surface area contributed by atoms with Gasteiger partial charge in [-0.25, -0.2) is 0 Å². The van der Waals surface area contributed by atoms with Gasteiger partial charge in [0.15, 0.2) is 0 Å². The summed E-state index contributed by atoms with van der Waals surface area (Å²) in [6.07, 6.45) is 9.22. The van der Waals surface area contributed by atoms with Crippen molar-refractivity contribution in [3.8, 4) is 0 Å². The number of nitrogens with one attached hydrogen (secondary N) is 1. The highest BCUT2D eigenvalue weighted by Crippen LogP contribution is 2.21. The monoisotopic (exact) mass is 167 g/mol. The Morgan fingerprint density at radius 2 is 2.33 bits per heavy atom. The molecule has 0 aromatic rings. The Morgan fingerprint density at radius 1 is 1.50 bits per heavy atom. The Hall–Kier alpha value is -0.300. The Labute approximate surface area is 76.2 Å². The van der Waals surface area contributed by atoms with E-state index in [2.05, 4.69) is 18.3 Å². The van der Waals surface area contributed by atoms with E-state index >= 15 is 0 Å². The fourth-order valence-electron chi connectivity index (χ4n) is 1.84. The van der Waals surface area contributed by atoms with Crippen LogP contribution in [0.15, 0.2) is 11.6 Å². The molecule has 1 aliphatic rings. The quantitative estimate of drug-likeness (QED) is 0.624. The van der Waals surface area contributed by atoms with Crippen LogP contribution in [0.5, 0.6) is 0 Å². The predicted molar refractivity (Wildman–Crippen MR) is 54.3 cm³/mol. The van der Waals surface area contributed by atoms with Crippen molar-refractivity contribution in [2.24, 2.45) is 5.92 Å². The standard InChI is InChI=1S/C11H21N/c1-10-5-3-4-6-11(8-7-10)9-12-2/h6,10,12H,3-5,7-9H2,1-2H3. The van der Waals surface area contributed by atoms with Crippen LogP contribution in [0.2, 0.25) is 0 Å². The number of hydrogen-bond acceptors (Lipinski definition) is 1. The van der Waals surface area contributed by atoms with Crippen LogP contribution in [0.25, 0.3) is 0 Å². The maximum atomic E-state index is 3.23. The summed E-state index contributed by atoms with van der Waals surface area (Å²) in [6, 6.07) is 0. The van der Waals surface area contributed by atoms with Crippen molar-refractivity contribution in [2.45, 2.75) is 39.0 Å². The van der Waals surface area contributed by atoms with E-state index in [9.17, 15) is 0 Å². The molecule has 12 heavy (non-hydrogen) atoms. The lowest BCUT2D eigenvalue weighted by atomic mass is 9.92. The van der Waals surface area contributed by atoms with E-state index in [1.54, 1.807) is 5.57 Å². The van der Waals surface area contributed by atoms with Crippen molar-refractivity contribution in [2.75, 3.05) is 13.6 Å². The zero-order chi connectivity index (χ0) is 8.81. The zero-order valence-corrected chi connectivity index (χ0v) is 8.40. The fraction of sp³-hybridized carbons (Fsp3) is 0.818. The normalized spacial score (nSPS) is 25.8. The summed E-state index contributed by atoms with van der Waals surface area (Å²) in [6.45, 7) is 3.47. The molecule has 1 aliphatic carbocycles. The first-order chi connectivity index (χ1) is 5.83. The van der Waals surface area contributed by atoms with E-state index in [-0.39, 0.29) is 0 Å². The minimum absolute atomic E-state index is 0.936. The minimum atomic E-state index is 0.936. The Morgan fingerprint density at radius 3 is 3.08 bits per heavy atom. The molecule has 0 radical (unpaired) electrons. The first-order valence-electron chi connectivity index (χ1n) is 5.15. The highest BCUT2D eigenvalue weighted by atomic mass is 14.8. The lowest BCUT2D eigenvalue weighted by molar-refractivity contribution is 0.464. The molecule has 1 rings (SSSR count). The number of hydrogen-bond donors (Lipinski definition) is 1. The SMILES string of the molecule is CNCC1=CCCCC(C)CC1. The van der Waals surface area contributed by atoms with Crippen LogP contribution < -0.4 is 5.32 Å². The van der Waals surface area contributed by atoms with Crippen LogP contribution in [0, 0.1) is 5.92 Å². The second-order valence-corrected chi connectivity index (χ2v) is 3.97. The summed E-state index contributed by atoms with van der Waals surface area (Å²) in [5.41, 5.74) is 1.61. The topological polar surface area (TPSA) is 12.0 Å². The van der Waals surface area contributed by atoms with E-state index in [1.165, 1.54) is 32.1 Å². The van der Waals surface area contributed by atoms with Gasteiger partial charge >= 0.3 is 0 Å². The third kappa shape index (κ3) is 3.40. The maximum absolute atomic E-state index is 3.23. The molecule has 0 aromatic carbocycles. The minimum Gasteiger partial charge on any atom is -0.316 e. The molecule has 0 fully saturated rings. The van der Waals surface area contributed by atoms with Crippen LogP contribution in [-0.2, 0) is 0 Å². The number of allylic oxidation sites excluding steroid dienone is 1. The third-order valence-corrected chi connectivity index (χ3v) is 2.70. The van der Waals surface area contributed by atoms with Crippen molar-refractivity contribution >= 4 is 0 Å². The number of likely N-dealkylation sites (N-methyl/N-ethyl adjacent to an activating group) is 1. The molecule has 70 valence electrons. The summed E-state index contributed by atoms with van der Waals surface area (Å²) in [7, 11) is 2.03. The van der Waals surface area contributed by atoms with E-state index in [0.29, 0.717) is 0 Å². The zero-order valence-electron chi connectivity index (χ0n) is 8.40. The van der Waals surface area contributed by atoms with E-state index in [4.69, 9.17) is 0 Å². The van der Waals surface area contributed by atoms with E-state index in [0.717, 1.165) is 12.5 Å². The Balaban J connectivity index is 2.38. The summed E-state index contributed by atoms with van der Waals surface area (Å²) >= 11 is 0. The Bertz CT molecular complexity index is 149. The molecular formula is C11H21N. The third-order valence-electron chi connectivity index (χ3n) is 2.70. The fourth-order valence-corrected chi connectivity index (χ4v) is 1.84. The molecule has 0 saturated carbocycles. The van der Waals surface area contributed by atoms with Gasteiger partial charge in [0.2, 0.25) is 0 Å². The molecule has 1 heteroatoms. The average Bonchev–Trinajstić information content (AvgIpc) is 2.04. The second kappa shape index (κ2) is 5.36. The highest BCUT2D eigenvalue weighted by Gasteiger charge is 2.06. The van der Waals surface area contributed by atoms with Crippen LogP contribution in [0.3, 0.4) is 0 Å². The van der Waals surface area contributed by atoms with Crippen molar-refractivity contribution < 1.29 is 0 Å². The summed E-state index contributed by atoms with van der Waals surface area (Å²) in [5, 5.41) is 3.23. The van der Waals surface area contributed by atoms with Gasteiger partial charge in [0, 0.05) is 6.54 Å². The highest BCUT2D eigenvalue weighted by molar-refractivity contribution is 5.04. The maximum Gasteiger partial charge on any atom is 0.0161 e. The summed E-state index contributed by atoms with van der Waals surface area (Å²) in [5.74, 6) is 0.936. The van der Waals surface area contributed by atoms with Gasteiger partial charge in [-0.05, 0) is 38.6 Å². The van der Waals surface area contributed by atoms with Gasteiger partial charge in [-0.2, -0.15) is 0 Å². The van der Waals surface area contributed by atoms with Gasteiger partial charge in [-0.3, -0.25) is 0 Å². The lowest BCUT2D eigenvalue weighted by Crippen LogP contribution is -2.12. The van der Waals surface area contributed by atoms with Crippen LogP contribution in [0.4, 0.5) is 0 Å². The summed E-state index contributed by atoms with van der Waals surface area (Å²) < 4.78 is 0. The van der Waals surface area contributed by atoms with Crippen molar-refractivity contribution in [1.29, 1.82) is 0 Å². The van der Waals surface area contributed by atoms with Gasteiger partial charge in [-0.15, -0.1) is 0 Å². The number of rotatable bonds is 2. The van der Waals surface area contributed by atoms with Gasteiger partial charge in [0.25, 0.3) is 0 Å². The molecule has 1 unspecified atom stereocenters. The first kappa shape index (κ1) is 9.79. The molecule has 0 spiro atoms.